The molecule has 3 atom stereocenters. The number of amides is 1. The van der Waals surface area contributed by atoms with Gasteiger partial charge in [-0.15, -0.1) is 0 Å². The second-order valence-electron chi connectivity index (χ2n) is 8.70. The highest BCUT2D eigenvalue weighted by Gasteiger charge is 2.51. The number of sulfone groups is 1. The molecule has 4 rings (SSSR count). The molecule has 0 spiro atoms. The minimum atomic E-state index is -5.08. The Kier molecular flexibility index (Phi) is 8.58. The van der Waals surface area contributed by atoms with Crippen molar-refractivity contribution in [1.29, 1.82) is 0 Å². The number of likely N-dealkylation sites (tertiary alicyclic amines) is 1. The number of hydrogen-bond donors (Lipinski definition) is 1. The van der Waals surface area contributed by atoms with Crippen molar-refractivity contribution in [3.63, 3.8) is 0 Å². The molecule has 34 heavy (non-hydrogen) atoms. The van der Waals surface area contributed by atoms with Crippen molar-refractivity contribution < 1.29 is 41.0 Å². The van der Waals surface area contributed by atoms with Crippen LogP contribution in [0.5, 0.6) is 0 Å². The summed E-state index contributed by atoms with van der Waals surface area (Å²) in [7, 11) is -3.11. The van der Waals surface area contributed by atoms with Crippen molar-refractivity contribution in [1.82, 2.24) is 9.80 Å². The lowest BCUT2D eigenvalue weighted by Crippen LogP contribution is -2.50. The SMILES string of the molecule is O=C(O)C(F)(F)F.O=C([C@@H]1CCS(=O)(=O)[C@@H]2CN(CCc3ccccc3)C[C@@H]21)N1CCOCC1. The molecule has 8 nitrogen and oxygen atoms in total. The molecule has 1 aromatic carbocycles. The topological polar surface area (TPSA) is 104 Å². The van der Waals surface area contributed by atoms with E-state index >= 15 is 0 Å². The maximum Gasteiger partial charge on any atom is 0.490 e. The van der Waals surface area contributed by atoms with Crippen molar-refractivity contribution in [2.24, 2.45) is 11.8 Å². The Balaban J connectivity index is 0.000000406. The Morgan fingerprint density at radius 3 is 2.29 bits per heavy atom. The summed E-state index contributed by atoms with van der Waals surface area (Å²) < 4.78 is 62.4. The van der Waals surface area contributed by atoms with Crippen LogP contribution in [0, 0.1) is 11.8 Å². The average molecular weight is 507 g/mol. The van der Waals surface area contributed by atoms with Crippen LogP contribution in [0.25, 0.3) is 0 Å². The number of aliphatic carboxylic acids is 1. The van der Waals surface area contributed by atoms with Crippen LogP contribution in [0.1, 0.15) is 12.0 Å². The van der Waals surface area contributed by atoms with E-state index in [1.807, 2.05) is 23.1 Å². The predicted molar refractivity (Wildman–Crippen MR) is 117 cm³/mol. The van der Waals surface area contributed by atoms with Gasteiger partial charge in [0.05, 0.1) is 24.2 Å². The van der Waals surface area contributed by atoms with Crippen LogP contribution in [0.4, 0.5) is 13.2 Å². The number of carboxylic acids is 1. The number of alkyl halides is 3. The number of carboxylic acid groups (broad SMARTS) is 1. The van der Waals surface area contributed by atoms with E-state index in [0.717, 1.165) is 13.0 Å². The highest BCUT2D eigenvalue weighted by Crippen LogP contribution is 2.38. The number of carbonyl (C=O) groups is 2. The highest BCUT2D eigenvalue weighted by atomic mass is 32.2. The Labute approximate surface area is 196 Å². The van der Waals surface area contributed by atoms with Gasteiger partial charge in [-0.25, -0.2) is 13.2 Å². The third kappa shape index (κ3) is 6.70. The summed E-state index contributed by atoms with van der Waals surface area (Å²) in [5.74, 6) is -2.73. The number of morpholine rings is 1. The molecule has 0 unspecified atom stereocenters. The predicted octanol–water partition coefficient (Wildman–Crippen LogP) is 1.46. The average Bonchev–Trinajstić information content (AvgIpc) is 3.24. The van der Waals surface area contributed by atoms with Gasteiger partial charge in [0.25, 0.3) is 0 Å². The second-order valence-corrected chi connectivity index (χ2v) is 11.0. The Morgan fingerprint density at radius 2 is 1.71 bits per heavy atom. The zero-order valence-corrected chi connectivity index (χ0v) is 19.4. The molecule has 3 saturated heterocycles. The molecule has 1 aromatic rings. The summed E-state index contributed by atoms with van der Waals surface area (Å²) in [5, 5.41) is 6.73. The normalized spacial score (nSPS) is 26.8. The summed E-state index contributed by atoms with van der Waals surface area (Å²) in [5.41, 5.74) is 1.26. The van der Waals surface area contributed by atoms with Crippen LogP contribution >= 0.6 is 0 Å². The zero-order valence-electron chi connectivity index (χ0n) is 18.6. The maximum absolute atomic E-state index is 13.0. The van der Waals surface area contributed by atoms with Crippen LogP contribution in [0.2, 0.25) is 0 Å². The number of rotatable bonds is 4. The highest BCUT2D eigenvalue weighted by molar-refractivity contribution is 7.92. The maximum atomic E-state index is 13.0. The molecule has 3 aliphatic heterocycles. The lowest BCUT2D eigenvalue weighted by Gasteiger charge is -2.36. The molecule has 3 aliphatic rings. The molecule has 0 bridgehead atoms. The number of nitrogens with zero attached hydrogens (tertiary/aromatic N) is 2. The third-order valence-corrected chi connectivity index (χ3v) is 8.74. The molecule has 12 heteroatoms. The second kappa shape index (κ2) is 11.0. The van der Waals surface area contributed by atoms with Crippen molar-refractivity contribution in [3.05, 3.63) is 35.9 Å². The molecule has 0 radical (unpaired) electrons. The molecule has 3 fully saturated rings. The molecule has 1 amide bonds. The monoisotopic (exact) mass is 506 g/mol. The molecule has 1 N–H and O–H groups in total. The van der Waals surface area contributed by atoms with E-state index in [1.54, 1.807) is 0 Å². The Hall–Kier alpha value is -2.18. The van der Waals surface area contributed by atoms with Crippen molar-refractivity contribution in [2.45, 2.75) is 24.3 Å². The van der Waals surface area contributed by atoms with E-state index in [0.29, 0.717) is 45.8 Å². The Bertz CT molecular complexity index is 951. The van der Waals surface area contributed by atoms with Crippen LogP contribution in [0.3, 0.4) is 0 Å². The molecular formula is C22H29F3N2O6S. The van der Waals surface area contributed by atoms with E-state index in [4.69, 9.17) is 14.6 Å². The fourth-order valence-corrected chi connectivity index (χ4v) is 6.87. The quantitative estimate of drug-likeness (QED) is 0.659. The van der Waals surface area contributed by atoms with Gasteiger partial charge in [-0.05, 0) is 18.4 Å². The lowest BCUT2D eigenvalue weighted by molar-refractivity contribution is -0.192. The molecule has 0 saturated carbocycles. The van der Waals surface area contributed by atoms with Gasteiger partial charge in [0, 0.05) is 44.6 Å². The van der Waals surface area contributed by atoms with Crippen LogP contribution in [0.15, 0.2) is 30.3 Å². The number of carbonyl (C=O) groups excluding carboxylic acids is 1. The number of fused-ring (bicyclic) bond motifs is 1. The van der Waals surface area contributed by atoms with E-state index in [-0.39, 0.29) is 23.5 Å². The molecule has 0 aromatic heterocycles. The summed E-state index contributed by atoms with van der Waals surface area (Å²) in [6.07, 6.45) is -3.71. The summed E-state index contributed by atoms with van der Waals surface area (Å²) in [6, 6.07) is 10.3. The minimum Gasteiger partial charge on any atom is -0.475 e. The summed E-state index contributed by atoms with van der Waals surface area (Å²) >= 11 is 0. The van der Waals surface area contributed by atoms with Gasteiger partial charge in [-0.3, -0.25) is 4.79 Å². The first-order valence-electron chi connectivity index (χ1n) is 11.1. The van der Waals surface area contributed by atoms with Gasteiger partial charge in [-0.1, -0.05) is 30.3 Å². The first-order chi connectivity index (χ1) is 16.0. The van der Waals surface area contributed by atoms with E-state index in [9.17, 15) is 26.4 Å². The summed E-state index contributed by atoms with van der Waals surface area (Å²) in [4.78, 5) is 26.1. The third-order valence-electron chi connectivity index (χ3n) is 6.52. The van der Waals surface area contributed by atoms with E-state index < -0.39 is 27.2 Å². The van der Waals surface area contributed by atoms with Gasteiger partial charge < -0.3 is 19.6 Å². The Morgan fingerprint density at radius 1 is 1.09 bits per heavy atom. The molecule has 3 heterocycles. The molecule has 0 aliphatic carbocycles. The minimum absolute atomic E-state index is 0.0742. The lowest BCUT2D eigenvalue weighted by atomic mass is 9.87. The van der Waals surface area contributed by atoms with Gasteiger partial charge in [0.1, 0.15) is 0 Å². The first-order valence-corrected chi connectivity index (χ1v) is 12.8. The van der Waals surface area contributed by atoms with Crippen molar-refractivity contribution >= 4 is 21.7 Å². The van der Waals surface area contributed by atoms with Crippen molar-refractivity contribution in [2.75, 3.05) is 51.7 Å². The number of hydrogen-bond acceptors (Lipinski definition) is 6. The molecule has 190 valence electrons. The van der Waals surface area contributed by atoms with Crippen LogP contribution in [-0.2, 0) is 30.6 Å². The van der Waals surface area contributed by atoms with Gasteiger partial charge in [-0.2, -0.15) is 13.2 Å². The fraction of sp³-hybridized carbons (Fsp3) is 0.636. The smallest absolute Gasteiger partial charge is 0.475 e. The number of ether oxygens (including phenoxy) is 1. The fourth-order valence-electron chi connectivity index (χ4n) is 4.74. The first kappa shape index (κ1) is 26.4. The van der Waals surface area contributed by atoms with Gasteiger partial charge in [0.15, 0.2) is 9.84 Å². The van der Waals surface area contributed by atoms with Gasteiger partial charge in [0.2, 0.25) is 5.91 Å². The number of halogens is 3. The zero-order chi connectivity index (χ0) is 24.9. The largest absolute Gasteiger partial charge is 0.490 e. The van der Waals surface area contributed by atoms with Gasteiger partial charge >= 0.3 is 12.1 Å². The van der Waals surface area contributed by atoms with Crippen molar-refractivity contribution in [3.8, 4) is 0 Å². The van der Waals surface area contributed by atoms with Crippen LogP contribution in [-0.4, -0.2) is 98.3 Å². The van der Waals surface area contributed by atoms with Crippen LogP contribution < -0.4 is 0 Å². The summed E-state index contributed by atoms with van der Waals surface area (Å²) in [6.45, 7) is 4.51. The van der Waals surface area contributed by atoms with E-state index in [1.165, 1.54) is 5.56 Å². The molecular weight excluding hydrogens is 477 g/mol. The van der Waals surface area contributed by atoms with E-state index in [2.05, 4.69) is 17.0 Å². The number of benzene rings is 1. The standard InChI is InChI=1S/C20H28N2O4S.C2HF3O2/c23-20(22-9-11-26-12-10-22)17-7-13-27(24,25)19-15-21(14-18(17)19)8-6-16-4-2-1-3-5-16;3-2(4,5)1(6)7/h1-5,17-19H,6-15H2;(H,6,7)/t17-,18-,19-;/m1./s1.